The first-order valence-corrected chi connectivity index (χ1v) is 15.3. The molecule has 0 aromatic heterocycles. The van der Waals surface area contributed by atoms with Gasteiger partial charge < -0.3 is 18.8 Å². The summed E-state index contributed by atoms with van der Waals surface area (Å²) < 4.78 is 68.0. The first kappa shape index (κ1) is 27.2. The highest BCUT2D eigenvalue weighted by atomic mass is 32.2. The topological polar surface area (TPSA) is 102 Å². The van der Waals surface area contributed by atoms with Crippen LogP contribution in [-0.2, 0) is 14.9 Å². The second-order valence-corrected chi connectivity index (χ2v) is 13.0. The van der Waals surface area contributed by atoms with Gasteiger partial charge in [-0.05, 0) is 79.7 Å². The molecule has 212 valence electrons. The minimum absolute atomic E-state index is 0.0457. The van der Waals surface area contributed by atoms with E-state index < -0.39 is 33.1 Å². The van der Waals surface area contributed by atoms with E-state index in [4.69, 9.17) is 14.2 Å². The largest absolute Gasteiger partial charge is 0.744 e. The van der Waals surface area contributed by atoms with E-state index in [0.29, 0.717) is 11.8 Å². The summed E-state index contributed by atoms with van der Waals surface area (Å²) in [5.74, 6) is 1.33. The summed E-state index contributed by atoms with van der Waals surface area (Å²) in [4.78, 5) is 12.7. The van der Waals surface area contributed by atoms with Gasteiger partial charge in [0.05, 0.1) is 16.6 Å². The van der Waals surface area contributed by atoms with Crippen molar-refractivity contribution >= 4 is 26.9 Å². The van der Waals surface area contributed by atoms with Crippen LogP contribution in [0.3, 0.4) is 0 Å². The number of ether oxygens (including phenoxy) is 3. The van der Waals surface area contributed by atoms with Crippen molar-refractivity contribution in [3.8, 4) is 11.5 Å². The van der Waals surface area contributed by atoms with Crippen molar-refractivity contribution in [2.75, 3.05) is 0 Å². The number of esters is 1. The third-order valence-electron chi connectivity index (χ3n) is 8.95. The molecule has 2 bridgehead atoms. The van der Waals surface area contributed by atoms with Crippen LogP contribution in [0.5, 0.6) is 11.5 Å². The maximum atomic E-state index is 14.9. The van der Waals surface area contributed by atoms with Gasteiger partial charge in [-0.3, -0.25) is 0 Å². The van der Waals surface area contributed by atoms with E-state index in [2.05, 4.69) is 0 Å². The Morgan fingerprint density at radius 1 is 0.950 bits per heavy atom. The van der Waals surface area contributed by atoms with E-state index in [1.165, 1.54) is 49.9 Å². The molecule has 6 atom stereocenters. The molecule has 0 heterocycles. The average molecular weight is 568 g/mol. The van der Waals surface area contributed by atoms with Gasteiger partial charge in [0.2, 0.25) is 6.29 Å². The van der Waals surface area contributed by atoms with Crippen molar-refractivity contribution in [3.05, 3.63) is 66.0 Å². The minimum Gasteiger partial charge on any atom is -0.744 e. The van der Waals surface area contributed by atoms with Crippen molar-refractivity contribution in [2.45, 2.75) is 63.2 Å². The molecule has 3 aliphatic rings. The minimum atomic E-state index is -4.73. The normalized spacial score (nSPS) is 26.3. The molecular weight excluding hydrogens is 535 g/mol. The van der Waals surface area contributed by atoms with Crippen LogP contribution < -0.4 is 9.47 Å². The lowest BCUT2D eigenvalue weighted by Crippen LogP contribution is -2.37. The van der Waals surface area contributed by atoms with Crippen LogP contribution in [-0.4, -0.2) is 31.3 Å². The lowest BCUT2D eigenvalue weighted by molar-refractivity contribution is -0.163. The summed E-state index contributed by atoms with van der Waals surface area (Å²) >= 11 is 0. The molecule has 3 aliphatic carbocycles. The highest BCUT2D eigenvalue weighted by molar-refractivity contribution is 7.86. The highest BCUT2D eigenvalue weighted by Crippen LogP contribution is 2.59. The molecule has 6 unspecified atom stereocenters. The van der Waals surface area contributed by atoms with Crippen LogP contribution in [0.25, 0.3) is 10.8 Å². The lowest BCUT2D eigenvalue weighted by Gasteiger charge is -2.35. The predicted molar refractivity (Wildman–Crippen MR) is 144 cm³/mol. The fourth-order valence-corrected chi connectivity index (χ4v) is 7.89. The van der Waals surface area contributed by atoms with Crippen LogP contribution in [0.15, 0.2) is 59.5 Å². The molecule has 0 radical (unpaired) electrons. The van der Waals surface area contributed by atoms with Gasteiger partial charge in [-0.25, -0.2) is 17.6 Å². The van der Waals surface area contributed by atoms with Crippen molar-refractivity contribution in [1.82, 2.24) is 0 Å². The van der Waals surface area contributed by atoms with Crippen LogP contribution in [0, 0.1) is 35.4 Å². The Kier molecular flexibility index (Phi) is 7.09. The van der Waals surface area contributed by atoms with Crippen molar-refractivity contribution in [2.24, 2.45) is 29.6 Å². The van der Waals surface area contributed by atoms with Crippen molar-refractivity contribution in [3.63, 3.8) is 0 Å². The fraction of sp³-hybridized carbons (Fsp3) is 0.452. The summed E-state index contributed by atoms with van der Waals surface area (Å²) in [6, 6.07) is 12.4. The summed E-state index contributed by atoms with van der Waals surface area (Å²) in [6.07, 6.45) is 5.55. The predicted octanol–water partition coefficient (Wildman–Crippen LogP) is 6.30. The molecule has 0 spiro atoms. The SMILES string of the molecule is CC(C)C(Oc1cc(C(=O)Oc2ccc(S(=O)(=O)[O-])c3ccccc23)ccc1F)OC1CC2CC1C1CCCC21. The van der Waals surface area contributed by atoms with Gasteiger partial charge in [0.15, 0.2) is 11.6 Å². The highest BCUT2D eigenvalue weighted by Gasteiger charge is 2.54. The Hall–Kier alpha value is -3.01. The molecule has 3 aromatic rings. The first-order valence-electron chi connectivity index (χ1n) is 13.9. The van der Waals surface area contributed by atoms with Crippen LogP contribution in [0.2, 0.25) is 0 Å². The number of halogens is 1. The quantitative estimate of drug-likeness (QED) is 0.136. The number of fused-ring (bicyclic) bond motifs is 6. The molecule has 0 saturated heterocycles. The molecule has 0 amide bonds. The zero-order chi connectivity index (χ0) is 28.2. The molecule has 3 aromatic carbocycles. The average Bonchev–Trinajstić information content (AvgIpc) is 3.63. The number of carbonyl (C=O) groups excluding carboxylic acids is 1. The van der Waals surface area contributed by atoms with Gasteiger partial charge >= 0.3 is 5.97 Å². The van der Waals surface area contributed by atoms with Gasteiger partial charge in [0.1, 0.15) is 15.9 Å². The van der Waals surface area contributed by atoms with Crippen molar-refractivity contribution < 1.29 is 36.4 Å². The van der Waals surface area contributed by atoms with Gasteiger partial charge in [0.25, 0.3) is 0 Å². The Labute approximate surface area is 233 Å². The van der Waals surface area contributed by atoms with Crippen LogP contribution >= 0.6 is 0 Å². The lowest BCUT2D eigenvalue weighted by atomic mass is 9.80. The van der Waals surface area contributed by atoms with E-state index in [1.54, 1.807) is 18.2 Å². The standard InChI is InChI=1S/C31H33FO7S/c1-17(2)31(38-27-16-19-14-24(27)21-9-5-8-20(19)21)39-28-15-18(10-11-25(28)32)30(33)37-26-12-13-29(40(34,35)36)23-7-4-3-6-22(23)26/h3-4,6-7,10-13,15,17,19-21,24,27,31H,5,8-9,14,16H2,1-2H3,(H,34,35,36)/p-1. The monoisotopic (exact) mass is 567 g/mol. The molecule has 3 saturated carbocycles. The first-order chi connectivity index (χ1) is 19.1. The molecular formula is C31H32FO7S-. The zero-order valence-corrected chi connectivity index (χ0v) is 23.2. The molecule has 0 N–H and O–H groups in total. The van der Waals surface area contributed by atoms with Gasteiger partial charge in [-0.2, -0.15) is 0 Å². The Morgan fingerprint density at radius 2 is 1.70 bits per heavy atom. The Morgan fingerprint density at radius 3 is 2.45 bits per heavy atom. The Balaban J connectivity index is 1.20. The van der Waals surface area contributed by atoms with Crippen molar-refractivity contribution in [1.29, 1.82) is 0 Å². The number of benzene rings is 3. The van der Waals surface area contributed by atoms with Crippen LogP contribution in [0.1, 0.15) is 56.3 Å². The molecule has 40 heavy (non-hydrogen) atoms. The fourth-order valence-electron chi connectivity index (χ4n) is 7.21. The third-order valence-corrected chi connectivity index (χ3v) is 9.84. The second kappa shape index (κ2) is 10.4. The molecule has 6 rings (SSSR count). The van der Waals surface area contributed by atoms with E-state index in [9.17, 15) is 22.2 Å². The summed E-state index contributed by atoms with van der Waals surface area (Å²) in [6.45, 7) is 3.92. The number of hydrogen-bond donors (Lipinski definition) is 0. The van der Waals surface area contributed by atoms with Gasteiger partial charge in [-0.1, -0.05) is 44.5 Å². The molecule has 9 heteroatoms. The van der Waals surface area contributed by atoms with E-state index in [0.717, 1.165) is 30.4 Å². The zero-order valence-electron chi connectivity index (χ0n) is 22.4. The third kappa shape index (κ3) is 4.99. The van der Waals surface area contributed by atoms with E-state index >= 15 is 0 Å². The summed E-state index contributed by atoms with van der Waals surface area (Å²) in [7, 11) is -4.73. The number of carbonyl (C=O) groups is 1. The molecule has 7 nitrogen and oxygen atoms in total. The smallest absolute Gasteiger partial charge is 0.343 e. The van der Waals surface area contributed by atoms with Crippen LogP contribution in [0.4, 0.5) is 4.39 Å². The second-order valence-electron chi connectivity index (χ2n) is 11.7. The number of rotatable bonds is 8. The molecule has 0 aliphatic heterocycles. The van der Waals surface area contributed by atoms with E-state index in [-0.39, 0.29) is 39.9 Å². The summed E-state index contributed by atoms with van der Waals surface area (Å²) in [5, 5.41) is 0.433. The van der Waals surface area contributed by atoms with Gasteiger partial charge in [-0.15, -0.1) is 0 Å². The maximum absolute atomic E-state index is 14.9. The maximum Gasteiger partial charge on any atom is 0.343 e. The summed E-state index contributed by atoms with van der Waals surface area (Å²) in [5.41, 5.74) is 0.0530. The van der Waals surface area contributed by atoms with E-state index in [1.807, 2.05) is 13.8 Å². The number of hydrogen-bond acceptors (Lipinski definition) is 7. The molecule has 3 fully saturated rings. The van der Waals surface area contributed by atoms with Gasteiger partial charge in [0, 0.05) is 16.7 Å². The Bertz CT molecular complexity index is 1550.